The number of unbranched alkanes of at least 4 members (excludes halogenated alkanes) is 2. The molecule has 0 aliphatic carbocycles. The number of carbonyl (C=O) groups excluding carboxylic acids is 2. The first kappa shape index (κ1) is 23.2. The van der Waals surface area contributed by atoms with E-state index in [-0.39, 0.29) is 5.69 Å². The minimum atomic E-state index is -0.936. The topological polar surface area (TPSA) is 76.7 Å². The minimum Gasteiger partial charge on any atom is -0.493 e. The summed E-state index contributed by atoms with van der Waals surface area (Å²) in [5.41, 5.74) is 1.48. The van der Waals surface area contributed by atoms with Crippen molar-refractivity contribution in [1.29, 1.82) is 0 Å². The van der Waals surface area contributed by atoms with Crippen LogP contribution in [0.2, 0.25) is 0 Å². The first-order valence-corrected chi connectivity index (χ1v) is 10.0. The molecule has 2 aromatic carbocycles. The standard InChI is InChI=1S/C23H29FN2O4/c1-5-6-7-12-30-20-11-9-17(14-21(20)29-4)16(3)25-22(27)23(28)26-19-13-15(2)8-10-18(19)24/h8-11,13-14,16H,5-7,12H2,1-4H3,(H,25,27)(H,26,28). The molecule has 30 heavy (non-hydrogen) atoms. The predicted octanol–water partition coefficient (Wildman–Crippen LogP) is 4.53. The van der Waals surface area contributed by atoms with E-state index >= 15 is 0 Å². The molecule has 0 saturated carbocycles. The number of ether oxygens (including phenoxy) is 2. The van der Waals surface area contributed by atoms with Gasteiger partial charge in [-0.3, -0.25) is 9.59 Å². The van der Waals surface area contributed by atoms with Crippen LogP contribution in [-0.4, -0.2) is 25.5 Å². The molecule has 0 aliphatic rings. The van der Waals surface area contributed by atoms with E-state index in [9.17, 15) is 14.0 Å². The third-order valence-corrected chi connectivity index (χ3v) is 4.62. The molecule has 1 unspecified atom stereocenters. The van der Waals surface area contributed by atoms with E-state index < -0.39 is 23.7 Å². The van der Waals surface area contributed by atoms with Crippen LogP contribution in [0.1, 0.15) is 50.3 Å². The fourth-order valence-electron chi connectivity index (χ4n) is 2.87. The lowest BCUT2D eigenvalue weighted by Gasteiger charge is -2.17. The SMILES string of the molecule is CCCCCOc1ccc(C(C)NC(=O)C(=O)Nc2cc(C)ccc2F)cc1OC. The van der Waals surface area contributed by atoms with Crippen LogP contribution in [0.5, 0.6) is 11.5 Å². The summed E-state index contributed by atoms with van der Waals surface area (Å²) in [4.78, 5) is 24.4. The second-order valence-electron chi connectivity index (χ2n) is 7.10. The molecule has 0 spiro atoms. The van der Waals surface area contributed by atoms with Crippen LogP contribution in [0.3, 0.4) is 0 Å². The second kappa shape index (κ2) is 11.2. The summed E-state index contributed by atoms with van der Waals surface area (Å²) in [6.07, 6.45) is 3.17. The number of nitrogens with one attached hydrogen (secondary N) is 2. The molecular weight excluding hydrogens is 387 g/mol. The van der Waals surface area contributed by atoms with Crippen LogP contribution < -0.4 is 20.1 Å². The van der Waals surface area contributed by atoms with Gasteiger partial charge in [-0.1, -0.05) is 31.9 Å². The smallest absolute Gasteiger partial charge is 0.313 e. The number of methoxy groups -OCH3 is 1. The minimum absolute atomic E-state index is 0.0333. The molecule has 0 saturated heterocycles. The number of hydrogen-bond donors (Lipinski definition) is 2. The molecule has 6 nitrogen and oxygen atoms in total. The molecule has 0 bridgehead atoms. The maximum Gasteiger partial charge on any atom is 0.313 e. The summed E-state index contributed by atoms with van der Waals surface area (Å²) in [7, 11) is 1.55. The number of halogens is 1. The average Bonchev–Trinajstić information content (AvgIpc) is 2.73. The van der Waals surface area contributed by atoms with Gasteiger partial charge in [0.15, 0.2) is 11.5 Å². The molecular formula is C23H29FN2O4. The Morgan fingerprint density at radius 2 is 1.83 bits per heavy atom. The number of carbonyl (C=O) groups is 2. The average molecular weight is 416 g/mol. The monoisotopic (exact) mass is 416 g/mol. The van der Waals surface area contributed by atoms with Gasteiger partial charge in [0.1, 0.15) is 5.82 Å². The van der Waals surface area contributed by atoms with Gasteiger partial charge in [-0.15, -0.1) is 0 Å². The zero-order valence-corrected chi connectivity index (χ0v) is 17.9. The Balaban J connectivity index is 2.00. The number of benzene rings is 2. The van der Waals surface area contributed by atoms with Crippen molar-refractivity contribution in [2.45, 2.75) is 46.1 Å². The van der Waals surface area contributed by atoms with Gasteiger partial charge in [0.2, 0.25) is 0 Å². The molecule has 0 heterocycles. The molecule has 0 aliphatic heterocycles. The van der Waals surface area contributed by atoms with Gasteiger partial charge in [0.25, 0.3) is 0 Å². The first-order valence-electron chi connectivity index (χ1n) is 10.0. The highest BCUT2D eigenvalue weighted by Gasteiger charge is 2.19. The van der Waals surface area contributed by atoms with Crippen LogP contribution in [0.15, 0.2) is 36.4 Å². The van der Waals surface area contributed by atoms with Gasteiger partial charge < -0.3 is 20.1 Å². The zero-order chi connectivity index (χ0) is 22.1. The molecule has 0 fully saturated rings. The van der Waals surface area contributed by atoms with E-state index in [0.717, 1.165) is 30.4 Å². The Morgan fingerprint density at radius 3 is 2.53 bits per heavy atom. The van der Waals surface area contributed by atoms with Gasteiger partial charge >= 0.3 is 11.8 Å². The van der Waals surface area contributed by atoms with E-state index in [1.54, 1.807) is 45.2 Å². The normalized spacial score (nSPS) is 11.5. The Labute approximate surface area is 176 Å². The predicted molar refractivity (Wildman–Crippen MR) is 114 cm³/mol. The molecule has 7 heteroatoms. The third kappa shape index (κ3) is 6.47. The van der Waals surface area contributed by atoms with E-state index in [0.29, 0.717) is 18.1 Å². The van der Waals surface area contributed by atoms with Crippen molar-refractivity contribution < 1.29 is 23.5 Å². The van der Waals surface area contributed by atoms with Crippen molar-refractivity contribution in [3.8, 4) is 11.5 Å². The third-order valence-electron chi connectivity index (χ3n) is 4.62. The highest BCUT2D eigenvalue weighted by molar-refractivity contribution is 6.39. The molecule has 0 radical (unpaired) electrons. The lowest BCUT2D eigenvalue weighted by Crippen LogP contribution is -2.37. The van der Waals surface area contributed by atoms with E-state index in [2.05, 4.69) is 17.6 Å². The zero-order valence-electron chi connectivity index (χ0n) is 17.9. The van der Waals surface area contributed by atoms with Crippen molar-refractivity contribution in [2.75, 3.05) is 19.0 Å². The summed E-state index contributed by atoms with van der Waals surface area (Å²) in [6.45, 7) is 6.24. The van der Waals surface area contributed by atoms with Gasteiger partial charge in [-0.25, -0.2) is 4.39 Å². The fourth-order valence-corrected chi connectivity index (χ4v) is 2.87. The number of hydrogen-bond acceptors (Lipinski definition) is 4. The molecule has 2 N–H and O–H groups in total. The summed E-state index contributed by atoms with van der Waals surface area (Å²) >= 11 is 0. The first-order chi connectivity index (χ1) is 14.3. The molecule has 2 amide bonds. The lowest BCUT2D eigenvalue weighted by molar-refractivity contribution is -0.136. The van der Waals surface area contributed by atoms with Crippen LogP contribution in [-0.2, 0) is 9.59 Å². The van der Waals surface area contributed by atoms with E-state index in [4.69, 9.17) is 9.47 Å². The molecule has 162 valence electrons. The summed E-state index contributed by atoms with van der Waals surface area (Å²) in [5, 5.41) is 4.91. The van der Waals surface area contributed by atoms with Gasteiger partial charge in [0.05, 0.1) is 25.4 Å². The molecule has 1 atom stereocenters. The van der Waals surface area contributed by atoms with Gasteiger partial charge in [0, 0.05) is 0 Å². The largest absolute Gasteiger partial charge is 0.493 e. The summed E-state index contributed by atoms with van der Waals surface area (Å²) in [5.74, 6) is -1.22. The molecule has 2 rings (SSSR count). The number of anilines is 1. The molecule has 0 aromatic heterocycles. The second-order valence-corrected chi connectivity index (χ2v) is 7.10. The van der Waals surface area contributed by atoms with Crippen LogP contribution in [0.25, 0.3) is 0 Å². The Hall–Kier alpha value is -3.09. The lowest BCUT2D eigenvalue weighted by atomic mass is 10.1. The summed E-state index contributed by atoms with van der Waals surface area (Å²) < 4.78 is 25.0. The highest BCUT2D eigenvalue weighted by Crippen LogP contribution is 2.30. The quantitative estimate of drug-likeness (QED) is 0.465. The van der Waals surface area contributed by atoms with Crippen LogP contribution >= 0.6 is 0 Å². The Bertz CT molecular complexity index is 886. The van der Waals surface area contributed by atoms with Crippen molar-refractivity contribution in [3.63, 3.8) is 0 Å². The molecule has 2 aromatic rings. The maximum atomic E-state index is 13.8. The van der Waals surface area contributed by atoms with Crippen LogP contribution in [0.4, 0.5) is 10.1 Å². The number of aryl methyl sites for hydroxylation is 1. The van der Waals surface area contributed by atoms with E-state index in [1.165, 1.54) is 12.1 Å². The number of amides is 2. The van der Waals surface area contributed by atoms with E-state index in [1.807, 2.05) is 0 Å². The Kier molecular flexibility index (Phi) is 8.65. The van der Waals surface area contributed by atoms with Crippen molar-refractivity contribution >= 4 is 17.5 Å². The van der Waals surface area contributed by atoms with Gasteiger partial charge in [-0.05, 0) is 55.7 Å². The number of rotatable bonds is 9. The van der Waals surface area contributed by atoms with Crippen molar-refractivity contribution in [2.24, 2.45) is 0 Å². The van der Waals surface area contributed by atoms with Gasteiger partial charge in [-0.2, -0.15) is 0 Å². The van der Waals surface area contributed by atoms with Crippen molar-refractivity contribution in [1.82, 2.24) is 5.32 Å². The Morgan fingerprint density at radius 1 is 1.07 bits per heavy atom. The maximum absolute atomic E-state index is 13.8. The fraction of sp³-hybridized carbons (Fsp3) is 0.391. The van der Waals surface area contributed by atoms with Crippen molar-refractivity contribution in [3.05, 3.63) is 53.3 Å². The van der Waals surface area contributed by atoms with Crippen LogP contribution in [0, 0.1) is 12.7 Å². The highest BCUT2D eigenvalue weighted by atomic mass is 19.1. The summed E-state index contributed by atoms with van der Waals surface area (Å²) in [6, 6.07) is 9.17.